The number of rotatable bonds is 4. The number of nitrogens with one attached hydrogen (secondary N) is 2. The van der Waals surface area contributed by atoms with E-state index in [0.29, 0.717) is 5.69 Å². The van der Waals surface area contributed by atoms with Crippen molar-refractivity contribution < 1.29 is 14.3 Å². The van der Waals surface area contributed by atoms with Crippen molar-refractivity contribution in [3.05, 3.63) is 65.4 Å². The number of amides is 1. The fourth-order valence-corrected chi connectivity index (χ4v) is 2.70. The predicted octanol–water partition coefficient (Wildman–Crippen LogP) is 3.97. The topological polar surface area (TPSA) is 71.2 Å². The van der Waals surface area contributed by atoms with Gasteiger partial charge in [0.05, 0.1) is 0 Å². The van der Waals surface area contributed by atoms with Gasteiger partial charge in [0.2, 0.25) is 0 Å². The molecule has 2 aromatic carbocycles. The molecule has 128 valence electrons. The van der Waals surface area contributed by atoms with E-state index in [-0.39, 0.29) is 5.91 Å². The summed E-state index contributed by atoms with van der Waals surface area (Å²) in [5, 5.41) is 3.75. The van der Waals surface area contributed by atoms with Crippen molar-refractivity contribution >= 4 is 28.5 Å². The first-order valence-electron chi connectivity index (χ1n) is 8.11. The van der Waals surface area contributed by atoms with Crippen molar-refractivity contribution in [2.24, 2.45) is 0 Å². The molecule has 0 fully saturated rings. The number of esters is 1. The number of carbonyl (C=O) groups is 2. The number of anilines is 1. The molecule has 0 aliphatic rings. The molecule has 25 heavy (non-hydrogen) atoms. The highest BCUT2D eigenvalue weighted by atomic mass is 16.5. The van der Waals surface area contributed by atoms with Gasteiger partial charge < -0.3 is 15.0 Å². The van der Waals surface area contributed by atoms with Gasteiger partial charge in [-0.2, -0.15) is 0 Å². The molecule has 1 aromatic heterocycles. The highest BCUT2D eigenvalue weighted by Crippen LogP contribution is 2.20. The van der Waals surface area contributed by atoms with Crippen LogP contribution in [0.15, 0.2) is 48.5 Å². The zero-order chi connectivity index (χ0) is 18.0. The maximum atomic E-state index is 12.4. The summed E-state index contributed by atoms with van der Waals surface area (Å²) >= 11 is 0. The van der Waals surface area contributed by atoms with Gasteiger partial charge >= 0.3 is 5.97 Å². The molecule has 5 nitrogen and oxygen atoms in total. The summed E-state index contributed by atoms with van der Waals surface area (Å²) in [5.41, 5.74) is 3.85. The standard InChI is InChI=1S/C20H20N2O3/c1-12-7-6-8-13(2)18(12)22-19(23)14(3)25-20(24)17-11-15-9-4-5-10-16(15)21-17/h4-11,14,21H,1-3H3,(H,22,23)/t14-/m0/s1. The van der Waals surface area contributed by atoms with Crippen LogP contribution < -0.4 is 5.32 Å². The lowest BCUT2D eigenvalue weighted by Gasteiger charge is -2.15. The van der Waals surface area contributed by atoms with Crippen LogP contribution in [-0.4, -0.2) is 23.0 Å². The third kappa shape index (κ3) is 3.55. The average molecular weight is 336 g/mol. The second kappa shape index (κ2) is 6.81. The van der Waals surface area contributed by atoms with Crippen LogP contribution in [0.5, 0.6) is 0 Å². The minimum atomic E-state index is -0.905. The summed E-state index contributed by atoms with van der Waals surface area (Å²) in [6.45, 7) is 5.40. The molecule has 0 bridgehead atoms. The van der Waals surface area contributed by atoms with Gasteiger partial charge in [0.25, 0.3) is 5.91 Å². The first kappa shape index (κ1) is 16.8. The highest BCUT2D eigenvalue weighted by Gasteiger charge is 2.21. The molecular formula is C20H20N2O3. The Bertz CT molecular complexity index is 890. The molecule has 0 saturated carbocycles. The van der Waals surface area contributed by atoms with E-state index in [4.69, 9.17) is 4.74 Å². The maximum Gasteiger partial charge on any atom is 0.355 e. The molecular weight excluding hydrogens is 316 g/mol. The van der Waals surface area contributed by atoms with E-state index in [1.54, 1.807) is 13.0 Å². The van der Waals surface area contributed by atoms with Gasteiger partial charge in [-0.05, 0) is 44.0 Å². The molecule has 0 radical (unpaired) electrons. The molecule has 1 amide bonds. The van der Waals surface area contributed by atoms with Gasteiger partial charge in [0, 0.05) is 16.6 Å². The van der Waals surface area contributed by atoms with Crippen molar-refractivity contribution in [2.75, 3.05) is 5.32 Å². The van der Waals surface area contributed by atoms with Crippen LogP contribution in [0.25, 0.3) is 10.9 Å². The number of para-hydroxylation sites is 2. The van der Waals surface area contributed by atoms with Gasteiger partial charge in [0.15, 0.2) is 6.10 Å². The molecule has 1 heterocycles. The Morgan fingerprint density at radius 1 is 1.04 bits per heavy atom. The number of aromatic nitrogens is 1. The third-order valence-electron chi connectivity index (χ3n) is 4.13. The number of aryl methyl sites for hydroxylation is 2. The number of fused-ring (bicyclic) bond motifs is 1. The summed E-state index contributed by atoms with van der Waals surface area (Å²) in [6, 6.07) is 15.0. The quantitative estimate of drug-likeness (QED) is 0.708. The van der Waals surface area contributed by atoms with Gasteiger partial charge in [-0.25, -0.2) is 4.79 Å². The van der Waals surface area contributed by atoms with Crippen molar-refractivity contribution in [3.63, 3.8) is 0 Å². The molecule has 0 spiro atoms. The smallest absolute Gasteiger partial charge is 0.355 e. The molecule has 0 unspecified atom stereocenters. The highest BCUT2D eigenvalue weighted by molar-refractivity contribution is 5.99. The lowest BCUT2D eigenvalue weighted by atomic mass is 10.1. The van der Waals surface area contributed by atoms with Crippen molar-refractivity contribution in [1.82, 2.24) is 4.98 Å². The molecule has 1 atom stereocenters. The minimum absolute atomic E-state index is 0.327. The molecule has 0 aliphatic heterocycles. The second-order valence-electron chi connectivity index (χ2n) is 6.07. The summed E-state index contributed by atoms with van der Waals surface area (Å²) < 4.78 is 5.30. The van der Waals surface area contributed by atoms with E-state index in [2.05, 4.69) is 10.3 Å². The van der Waals surface area contributed by atoms with Crippen molar-refractivity contribution in [3.8, 4) is 0 Å². The van der Waals surface area contributed by atoms with E-state index < -0.39 is 12.1 Å². The lowest BCUT2D eigenvalue weighted by molar-refractivity contribution is -0.123. The van der Waals surface area contributed by atoms with Crippen LogP contribution in [-0.2, 0) is 9.53 Å². The number of hydrogen-bond donors (Lipinski definition) is 2. The second-order valence-corrected chi connectivity index (χ2v) is 6.07. The van der Waals surface area contributed by atoms with E-state index in [1.165, 1.54) is 0 Å². The lowest BCUT2D eigenvalue weighted by Crippen LogP contribution is -2.30. The van der Waals surface area contributed by atoms with E-state index in [1.807, 2.05) is 56.3 Å². The van der Waals surface area contributed by atoms with Crippen LogP contribution >= 0.6 is 0 Å². The summed E-state index contributed by atoms with van der Waals surface area (Å²) in [6.07, 6.45) is -0.905. The van der Waals surface area contributed by atoms with Crippen LogP contribution in [0, 0.1) is 13.8 Å². The minimum Gasteiger partial charge on any atom is -0.448 e. The number of H-pyrrole nitrogens is 1. The molecule has 3 rings (SSSR count). The van der Waals surface area contributed by atoms with Crippen LogP contribution in [0.1, 0.15) is 28.5 Å². The average Bonchev–Trinajstić information content (AvgIpc) is 3.02. The Kier molecular flexibility index (Phi) is 4.57. The largest absolute Gasteiger partial charge is 0.448 e. The Morgan fingerprint density at radius 2 is 1.72 bits per heavy atom. The fraction of sp³-hybridized carbons (Fsp3) is 0.200. The van der Waals surface area contributed by atoms with Gasteiger partial charge in [0.1, 0.15) is 5.69 Å². The Balaban J connectivity index is 1.69. The van der Waals surface area contributed by atoms with Crippen LogP contribution in [0.4, 0.5) is 5.69 Å². The number of benzene rings is 2. The maximum absolute atomic E-state index is 12.4. The molecule has 0 saturated heterocycles. The van der Waals surface area contributed by atoms with Crippen LogP contribution in [0.3, 0.4) is 0 Å². The molecule has 5 heteroatoms. The zero-order valence-electron chi connectivity index (χ0n) is 14.4. The van der Waals surface area contributed by atoms with E-state index in [9.17, 15) is 9.59 Å². The normalized spacial score (nSPS) is 12.0. The van der Waals surface area contributed by atoms with Crippen LogP contribution in [0.2, 0.25) is 0 Å². The first-order chi connectivity index (χ1) is 12.0. The van der Waals surface area contributed by atoms with Crippen molar-refractivity contribution in [1.29, 1.82) is 0 Å². The van der Waals surface area contributed by atoms with Gasteiger partial charge in [-0.15, -0.1) is 0 Å². The number of hydrogen-bond acceptors (Lipinski definition) is 3. The number of carbonyl (C=O) groups excluding carboxylic acids is 2. The SMILES string of the molecule is Cc1cccc(C)c1NC(=O)[C@H](C)OC(=O)c1cc2ccccc2[nH]1. The van der Waals surface area contributed by atoms with Crippen molar-refractivity contribution in [2.45, 2.75) is 26.9 Å². The molecule has 2 N–H and O–H groups in total. The predicted molar refractivity (Wildman–Crippen MR) is 97.7 cm³/mol. The Morgan fingerprint density at radius 3 is 2.40 bits per heavy atom. The third-order valence-corrected chi connectivity index (χ3v) is 4.13. The number of aromatic amines is 1. The van der Waals surface area contributed by atoms with Gasteiger partial charge in [-0.3, -0.25) is 4.79 Å². The first-order valence-corrected chi connectivity index (χ1v) is 8.11. The Labute approximate surface area is 146 Å². The van der Waals surface area contributed by atoms with Gasteiger partial charge in [-0.1, -0.05) is 36.4 Å². The fourth-order valence-electron chi connectivity index (χ4n) is 2.70. The summed E-state index contributed by atoms with van der Waals surface area (Å²) in [7, 11) is 0. The Hall–Kier alpha value is -3.08. The summed E-state index contributed by atoms with van der Waals surface area (Å²) in [4.78, 5) is 27.6. The van der Waals surface area contributed by atoms with E-state index >= 15 is 0 Å². The monoisotopic (exact) mass is 336 g/mol. The molecule has 3 aromatic rings. The number of ether oxygens (including phenoxy) is 1. The van der Waals surface area contributed by atoms with E-state index in [0.717, 1.165) is 27.7 Å². The zero-order valence-corrected chi connectivity index (χ0v) is 14.4. The molecule has 0 aliphatic carbocycles. The summed E-state index contributed by atoms with van der Waals surface area (Å²) in [5.74, 6) is -0.915.